The lowest BCUT2D eigenvalue weighted by Gasteiger charge is -2.29. The van der Waals surface area contributed by atoms with Crippen molar-refractivity contribution in [2.24, 2.45) is 5.92 Å². The van der Waals surface area contributed by atoms with Crippen molar-refractivity contribution < 1.29 is 4.74 Å². The molecule has 2 nitrogen and oxygen atoms in total. The summed E-state index contributed by atoms with van der Waals surface area (Å²) in [7, 11) is 0. The molecule has 2 rings (SSSR count). The van der Waals surface area contributed by atoms with Gasteiger partial charge < -0.3 is 10.1 Å². The van der Waals surface area contributed by atoms with Gasteiger partial charge in [-0.05, 0) is 29.9 Å². The van der Waals surface area contributed by atoms with E-state index in [1.165, 1.54) is 17.5 Å². The molecule has 0 saturated heterocycles. The van der Waals surface area contributed by atoms with E-state index in [9.17, 15) is 0 Å². The molecule has 0 fully saturated rings. The lowest BCUT2D eigenvalue weighted by molar-refractivity contribution is 0.0394. The molecule has 2 unspecified atom stereocenters. The quantitative estimate of drug-likeness (QED) is 0.862. The van der Waals surface area contributed by atoms with E-state index in [1.807, 2.05) is 0 Å². The molecule has 18 heavy (non-hydrogen) atoms. The second-order valence-corrected chi connectivity index (χ2v) is 5.48. The largest absolute Gasteiger partial charge is 0.372 e. The highest BCUT2D eigenvalue weighted by atomic mass is 16.5. The number of benzene rings is 1. The van der Waals surface area contributed by atoms with Gasteiger partial charge in [0.25, 0.3) is 0 Å². The molecule has 2 heteroatoms. The Morgan fingerprint density at radius 3 is 2.83 bits per heavy atom. The molecule has 0 saturated carbocycles. The fourth-order valence-corrected chi connectivity index (χ4v) is 2.76. The number of hydrogen-bond acceptors (Lipinski definition) is 2. The third-order valence-electron chi connectivity index (χ3n) is 3.90. The van der Waals surface area contributed by atoms with Crippen LogP contribution in [0.15, 0.2) is 24.3 Å². The summed E-state index contributed by atoms with van der Waals surface area (Å²) in [6.07, 6.45) is 2.45. The Kier molecular flexibility index (Phi) is 4.79. The van der Waals surface area contributed by atoms with E-state index in [4.69, 9.17) is 4.74 Å². The van der Waals surface area contributed by atoms with Crippen molar-refractivity contribution in [3.63, 3.8) is 0 Å². The first-order chi connectivity index (χ1) is 8.72. The fourth-order valence-electron chi connectivity index (χ4n) is 2.76. The maximum atomic E-state index is 5.92. The van der Waals surface area contributed by atoms with Crippen LogP contribution in [0, 0.1) is 5.92 Å². The van der Waals surface area contributed by atoms with Gasteiger partial charge in [-0.15, -0.1) is 0 Å². The van der Waals surface area contributed by atoms with Gasteiger partial charge in [0, 0.05) is 12.6 Å². The van der Waals surface area contributed by atoms with Gasteiger partial charge in [-0.25, -0.2) is 0 Å². The van der Waals surface area contributed by atoms with Crippen LogP contribution in [0.5, 0.6) is 0 Å². The Bertz CT molecular complexity index is 375. The normalized spacial score (nSPS) is 20.8. The van der Waals surface area contributed by atoms with Crippen molar-refractivity contribution >= 4 is 0 Å². The highest BCUT2D eigenvalue weighted by molar-refractivity contribution is 5.31. The van der Waals surface area contributed by atoms with Gasteiger partial charge in [0.2, 0.25) is 0 Å². The van der Waals surface area contributed by atoms with Crippen LogP contribution < -0.4 is 5.32 Å². The lowest BCUT2D eigenvalue weighted by atomic mass is 9.96. The first-order valence-corrected chi connectivity index (χ1v) is 7.15. The summed E-state index contributed by atoms with van der Waals surface area (Å²) < 4.78 is 5.92. The van der Waals surface area contributed by atoms with Crippen molar-refractivity contribution in [2.75, 3.05) is 13.2 Å². The predicted molar refractivity (Wildman–Crippen MR) is 75.8 cm³/mol. The molecule has 1 aromatic rings. The van der Waals surface area contributed by atoms with Gasteiger partial charge >= 0.3 is 0 Å². The summed E-state index contributed by atoms with van der Waals surface area (Å²) in [4.78, 5) is 0. The molecular weight excluding hydrogens is 222 g/mol. The maximum Gasteiger partial charge on any atom is 0.0952 e. The smallest absolute Gasteiger partial charge is 0.0952 e. The lowest BCUT2D eigenvalue weighted by Crippen LogP contribution is -2.37. The zero-order chi connectivity index (χ0) is 13.0. The molecule has 0 amide bonds. The Morgan fingerprint density at radius 1 is 1.33 bits per heavy atom. The van der Waals surface area contributed by atoms with Crippen LogP contribution >= 0.6 is 0 Å². The van der Waals surface area contributed by atoms with E-state index >= 15 is 0 Å². The number of fused-ring (bicyclic) bond motifs is 1. The van der Waals surface area contributed by atoms with Crippen molar-refractivity contribution in [1.82, 2.24) is 5.32 Å². The standard InChI is InChI=1S/C16H25NO/c1-4-15(12(2)3)17-11-16-14-8-6-5-7-13(14)9-10-18-16/h5-8,12,15-17H,4,9-11H2,1-3H3. The molecule has 100 valence electrons. The molecule has 1 heterocycles. The van der Waals surface area contributed by atoms with Gasteiger partial charge in [-0.1, -0.05) is 45.0 Å². The van der Waals surface area contributed by atoms with E-state index in [0.29, 0.717) is 12.0 Å². The monoisotopic (exact) mass is 247 g/mol. The zero-order valence-electron chi connectivity index (χ0n) is 11.8. The zero-order valence-corrected chi connectivity index (χ0v) is 11.8. The van der Waals surface area contributed by atoms with Crippen LogP contribution in [0.3, 0.4) is 0 Å². The summed E-state index contributed by atoms with van der Waals surface area (Å²) in [5.74, 6) is 0.675. The van der Waals surface area contributed by atoms with E-state index in [0.717, 1.165) is 19.6 Å². The summed E-state index contributed by atoms with van der Waals surface area (Å²) in [6.45, 7) is 8.57. The molecule has 1 aliphatic rings. The molecule has 0 radical (unpaired) electrons. The van der Waals surface area contributed by atoms with Crippen LogP contribution in [0.1, 0.15) is 44.4 Å². The van der Waals surface area contributed by atoms with Crippen LogP contribution in [0.25, 0.3) is 0 Å². The van der Waals surface area contributed by atoms with Crippen molar-refractivity contribution in [2.45, 2.75) is 45.8 Å². The molecule has 0 spiro atoms. The first kappa shape index (κ1) is 13.6. The molecule has 1 aromatic carbocycles. The topological polar surface area (TPSA) is 21.3 Å². The number of ether oxygens (including phenoxy) is 1. The van der Waals surface area contributed by atoms with E-state index < -0.39 is 0 Å². The average molecular weight is 247 g/mol. The molecule has 0 aromatic heterocycles. The number of hydrogen-bond donors (Lipinski definition) is 1. The molecule has 1 aliphatic heterocycles. The fraction of sp³-hybridized carbons (Fsp3) is 0.625. The third kappa shape index (κ3) is 3.12. The van der Waals surface area contributed by atoms with E-state index in [-0.39, 0.29) is 6.10 Å². The molecule has 0 bridgehead atoms. The van der Waals surface area contributed by atoms with Crippen molar-refractivity contribution in [1.29, 1.82) is 0 Å². The van der Waals surface area contributed by atoms with E-state index in [1.54, 1.807) is 0 Å². The molecule has 2 atom stereocenters. The van der Waals surface area contributed by atoms with Crippen LogP contribution in [-0.4, -0.2) is 19.2 Å². The SMILES string of the molecule is CCC(NCC1OCCc2ccccc21)C(C)C. The van der Waals surface area contributed by atoms with E-state index in [2.05, 4.69) is 50.4 Å². The summed E-state index contributed by atoms with van der Waals surface area (Å²) in [5.41, 5.74) is 2.82. The maximum absolute atomic E-state index is 5.92. The Labute approximate surface area is 111 Å². The summed E-state index contributed by atoms with van der Waals surface area (Å²) in [6, 6.07) is 9.25. The van der Waals surface area contributed by atoms with Crippen LogP contribution in [0.2, 0.25) is 0 Å². The van der Waals surface area contributed by atoms with Crippen molar-refractivity contribution in [3.8, 4) is 0 Å². The molecular formula is C16H25NO. The van der Waals surface area contributed by atoms with Crippen LogP contribution in [0.4, 0.5) is 0 Å². The number of nitrogens with one attached hydrogen (secondary N) is 1. The predicted octanol–water partition coefficient (Wildman–Crippen LogP) is 3.32. The molecule has 0 aliphatic carbocycles. The summed E-state index contributed by atoms with van der Waals surface area (Å²) >= 11 is 0. The van der Waals surface area contributed by atoms with Gasteiger partial charge in [0.1, 0.15) is 0 Å². The minimum atomic E-state index is 0.225. The van der Waals surface area contributed by atoms with Gasteiger partial charge in [0.15, 0.2) is 0 Å². The van der Waals surface area contributed by atoms with Gasteiger partial charge in [-0.3, -0.25) is 0 Å². The highest BCUT2D eigenvalue weighted by Gasteiger charge is 2.21. The highest BCUT2D eigenvalue weighted by Crippen LogP contribution is 2.26. The Hall–Kier alpha value is -0.860. The Morgan fingerprint density at radius 2 is 2.11 bits per heavy atom. The second kappa shape index (κ2) is 6.35. The second-order valence-electron chi connectivity index (χ2n) is 5.48. The van der Waals surface area contributed by atoms with Crippen molar-refractivity contribution in [3.05, 3.63) is 35.4 Å². The number of rotatable bonds is 5. The third-order valence-corrected chi connectivity index (χ3v) is 3.90. The molecule has 1 N–H and O–H groups in total. The minimum Gasteiger partial charge on any atom is -0.372 e. The van der Waals surface area contributed by atoms with Gasteiger partial charge in [0.05, 0.1) is 12.7 Å². The first-order valence-electron chi connectivity index (χ1n) is 7.15. The average Bonchev–Trinajstić information content (AvgIpc) is 2.39. The minimum absolute atomic E-state index is 0.225. The van der Waals surface area contributed by atoms with Crippen LogP contribution in [-0.2, 0) is 11.2 Å². The summed E-state index contributed by atoms with van der Waals surface area (Å²) in [5, 5.41) is 3.65. The van der Waals surface area contributed by atoms with Gasteiger partial charge in [-0.2, -0.15) is 0 Å². The Balaban J connectivity index is 1.99.